The number of aliphatic hydroxyl groups excluding tert-OH is 1. The molecule has 0 radical (unpaired) electrons. The van der Waals surface area contributed by atoms with Gasteiger partial charge < -0.3 is 29.5 Å². The first-order chi connectivity index (χ1) is 13.8. The summed E-state index contributed by atoms with van der Waals surface area (Å²) in [7, 11) is 0. The Bertz CT molecular complexity index is 700. The molecule has 0 aromatic heterocycles. The van der Waals surface area contributed by atoms with Crippen molar-refractivity contribution in [1.82, 2.24) is 0 Å². The number of rotatable bonds is 14. The third-order valence-corrected chi connectivity index (χ3v) is 3.64. The van der Waals surface area contributed by atoms with Crippen LogP contribution in [0.15, 0.2) is 24.3 Å². The Hall–Kier alpha value is -2.98. The van der Waals surface area contributed by atoms with Crippen molar-refractivity contribution in [3.63, 3.8) is 0 Å². The number of aliphatic hydroxyl groups is 1. The molecule has 0 amide bonds. The van der Waals surface area contributed by atoms with Crippen molar-refractivity contribution in [2.75, 3.05) is 26.4 Å². The number of unbranched alkanes of at least 4 members (excludes halogenated alkanes) is 1. The van der Waals surface area contributed by atoms with E-state index >= 15 is 0 Å². The van der Waals surface area contributed by atoms with Gasteiger partial charge in [-0.05, 0) is 31.0 Å². The lowest BCUT2D eigenvalue weighted by Gasteiger charge is -2.16. The average molecular weight is 412 g/mol. The second-order valence-electron chi connectivity index (χ2n) is 5.99. The van der Waals surface area contributed by atoms with Crippen molar-refractivity contribution in [1.29, 1.82) is 0 Å². The maximum Gasteiger partial charge on any atom is 0.338 e. The lowest BCUT2D eigenvalue weighted by molar-refractivity contribution is -0.146. The zero-order valence-corrected chi connectivity index (χ0v) is 15.7. The fourth-order valence-electron chi connectivity index (χ4n) is 2.17. The number of carbonyl (C=O) groups is 4. The highest BCUT2D eigenvalue weighted by Crippen LogP contribution is 2.09. The Kier molecular flexibility index (Phi) is 11.0. The molecule has 10 heteroatoms. The van der Waals surface area contributed by atoms with Crippen molar-refractivity contribution in [2.45, 2.75) is 31.8 Å². The normalized spacial score (nSPS) is 11.5. The third kappa shape index (κ3) is 10.2. The molecule has 1 aromatic carbocycles. The molecule has 1 atom stereocenters. The number of aliphatic carboxylic acids is 1. The fourth-order valence-corrected chi connectivity index (χ4v) is 2.17. The zero-order chi connectivity index (χ0) is 21.6. The number of carboxylic acid groups (broad SMARTS) is 2. The highest BCUT2D eigenvalue weighted by Gasteiger charge is 2.17. The van der Waals surface area contributed by atoms with Crippen LogP contribution in [-0.2, 0) is 23.8 Å². The van der Waals surface area contributed by atoms with Crippen molar-refractivity contribution in [3.8, 4) is 0 Å². The second kappa shape index (κ2) is 13.2. The minimum absolute atomic E-state index is 0.00173. The van der Waals surface area contributed by atoms with Gasteiger partial charge in [0.05, 0.1) is 30.9 Å². The molecule has 0 aliphatic rings. The molecule has 0 saturated heterocycles. The number of hydrogen-bond acceptors (Lipinski definition) is 8. The van der Waals surface area contributed by atoms with Gasteiger partial charge in [-0.15, -0.1) is 0 Å². The first kappa shape index (κ1) is 24.1. The molecular weight excluding hydrogens is 388 g/mol. The number of hydrogen-bond donors (Lipinski definition) is 3. The van der Waals surface area contributed by atoms with Crippen LogP contribution in [0.2, 0.25) is 0 Å². The smallest absolute Gasteiger partial charge is 0.338 e. The number of esters is 2. The van der Waals surface area contributed by atoms with Gasteiger partial charge in [-0.3, -0.25) is 9.59 Å². The van der Waals surface area contributed by atoms with Gasteiger partial charge in [0, 0.05) is 12.8 Å². The van der Waals surface area contributed by atoms with Crippen LogP contribution in [0.5, 0.6) is 0 Å². The van der Waals surface area contributed by atoms with Gasteiger partial charge in [-0.25, -0.2) is 9.59 Å². The van der Waals surface area contributed by atoms with Gasteiger partial charge in [0.1, 0.15) is 12.7 Å². The van der Waals surface area contributed by atoms with E-state index in [1.807, 2.05) is 0 Å². The Morgan fingerprint density at radius 1 is 0.966 bits per heavy atom. The van der Waals surface area contributed by atoms with Gasteiger partial charge in [-0.2, -0.15) is 0 Å². The number of carboxylic acids is 2. The van der Waals surface area contributed by atoms with Crippen LogP contribution in [0, 0.1) is 0 Å². The topological polar surface area (TPSA) is 157 Å². The van der Waals surface area contributed by atoms with Gasteiger partial charge in [0.2, 0.25) is 0 Å². The molecule has 3 N–H and O–H groups in total. The molecule has 0 aliphatic carbocycles. The van der Waals surface area contributed by atoms with Crippen molar-refractivity contribution in [2.24, 2.45) is 0 Å². The van der Waals surface area contributed by atoms with Crippen LogP contribution in [-0.4, -0.2) is 71.7 Å². The number of carbonyl (C=O) groups excluding carboxylic acids is 2. The summed E-state index contributed by atoms with van der Waals surface area (Å²) in [4.78, 5) is 44.8. The van der Waals surface area contributed by atoms with E-state index in [4.69, 9.17) is 24.4 Å². The van der Waals surface area contributed by atoms with E-state index in [1.54, 1.807) is 0 Å². The molecule has 0 saturated carbocycles. The minimum atomic E-state index is -1.18. The lowest BCUT2D eigenvalue weighted by Crippen LogP contribution is -2.28. The van der Waals surface area contributed by atoms with Gasteiger partial charge in [-0.1, -0.05) is 6.07 Å². The van der Waals surface area contributed by atoms with Crippen molar-refractivity contribution < 1.29 is 48.7 Å². The van der Waals surface area contributed by atoms with Crippen LogP contribution in [0.1, 0.15) is 46.4 Å². The minimum Gasteiger partial charge on any atom is -0.481 e. The predicted molar refractivity (Wildman–Crippen MR) is 97.6 cm³/mol. The highest BCUT2D eigenvalue weighted by atomic mass is 16.6. The first-order valence-electron chi connectivity index (χ1n) is 8.93. The predicted octanol–water partition coefficient (Wildman–Crippen LogP) is 1.11. The van der Waals surface area contributed by atoms with Crippen molar-refractivity contribution >= 4 is 23.9 Å². The van der Waals surface area contributed by atoms with E-state index in [0.29, 0.717) is 12.8 Å². The quantitative estimate of drug-likeness (QED) is 0.299. The average Bonchev–Trinajstić information content (AvgIpc) is 2.69. The molecule has 0 spiro atoms. The molecular formula is C19H24O10. The van der Waals surface area contributed by atoms with E-state index in [2.05, 4.69) is 0 Å². The molecule has 0 bridgehead atoms. The summed E-state index contributed by atoms with van der Waals surface area (Å²) in [6.07, 6.45) is -0.0577. The lowest BCUT2D eigenvalue weighted by atomic mass is 10.1. The van der Waals surface area contributed by atoms with Crippen LogP contribution in [0.3, 0.4) is 0 Å². The summed E-state index contributed by atoms with van der Waals surface area (Å²) in [5.74, 6) is -3.37. The van der Waals surface area contributed by atoms with Crippen LogP contribution < -0.4 is 0 Å². The Morgan fingerprint density at radius 2 is 1.66 bits per heavy atom. The molecule has 0 heterocycles. The van der Waals surface area contributed by atoms with E-state index in [1.165, 1.54) is 18.2 Å². The molecule has 160 valence electrons. The van der Waals surface area contributed by atoms with Gasteiger partial charge >= 0.3 is 23.9 Å². The van der Waals surface area contributed by atoms with Crippen molar-refractivity contribution in [3.05, 3.63) is 35.4 Å². The monoisotopic (exact) mass is 412 g/mol. The van der Waals surface area contributed by atoms with Crippen LogP contribution in [0.25, 0.3) is 0 Å². The zero-order valence-electron chi connectivity index (χ0n) is 15.7. The van der Waals surface area contributed by atoms with E-state index in [-0.39, 0.29) is 43.8 Å². The summed E-state index contributed by atoms with van der Waals surface area (Å²) >= 11 is 0. The highest BCUT2D eigenvalue weighted by molar-refractivity contribution is 5.94. The summed E-state index contributed by atoms with van der Waals surface area (Å²) in [6, 6.07) is 5.29. The summed E-state index contributed by atoms with van der Waals surface area (Å²) < 4.78 is 15.2. The number of ether oxygens (including phenoxy) is 3. The third-order valence-electron chi connectivity index (χ3n) is 3.64. The second-order valence-corrected chi connectivity index (χ2v) is 5.99. The first-order valence-corrected chi connectivity index (χ1v) is 8.93. The molecule has 1 unspecified atom stereocenters. The number of aromatic carboxylic acids is 1. The summed E-state index contributed by atoms with van der Waals surface area (Å²) in [5, 5.41) is 26.7. The largest absolute Gasteiger partial charge is 0.481 e. The molecule has 1 rings (SSSR count). The standard InChI is InChI=1S/C19H24O10/c20-11-15(29-19(26)14-5-3-4-13(10-14)18(24)25)12-27-8-9-28-17(23)7-2-1-6-16(21)22/h3-5,10,15,20H,1-2,6-9,11-12H2,(H,21,22)(H,24,25). The van der Waals surface area contributed by atoms with Gasteiger partial charge in [0.15, 0.2) is 0 Å². The maximum absolute atomic E-state index is 12.0. The summed E-state index contributed by atoms with van der Waals surface area (Å²) in [6.45, 7) is -0.668. The van der Waals surface area contributed by atoms with E-state index in [0.717, 1.165) is 6.07 Å². The Balaban J connectivity index is 2.26. The fraction of sp³-hybridized carbons (Fsp3) is 0.474. The molecule has 0 fully saturated rings. The Labute approximate surface area is 167 Å². The molecule has 10 nitrogen and oxygen atoms in total. The van der Waals surface area contributed by atoms with Gasteiger partial charge in [0.25, 0.3) is 0 Å². The Morgan fingerprint density at radius 3 is 2.31 bits per heavy atom. The SMILES string of the molecule is O=C(O)CCCCC(=O)OCCOCC(CO)OC(=O)c1cccc(C(=O)O)c1. The van der Waals surface area contributed by atoms with E-state index < -0.39 is 36.6 Å². The maximum atomic E-state index is 12.0. The molecule has 1 aromatic rings. The van der Waals surface area contributed by atoms with Crippen LogP contribution in [0.4, 0.5) is 0 Å². The van der Waals surface area contributed by atoms with E-state index in [9.17, 15) is 24.3 Å². The molecule has 0 aliphatic heterocycles. The summed E-state index contributed by atoms with van der Waals surface area (Å²) in [5.41, 5.74) is -0.0406. The molecule has 29 heavy (non-hydrogen) atoms. The van der Waals surface area contributed by atoms with Crippen LogP contribution >= 0.6 is 0 Å². The number of benzene rings is 1.